The van der Waals surface area contributed by atoms with Crippen LogP contribution in [0.3, 0.4) is 0 Å². The molecule has 0 aromatic heterocycles. The number of carbonyl (C=O) groups excluding carboxylic acids is 1. The molecule has 14 heteroatoms. The van der Waals surface area contributed by atoms with Crippen LogP contribution in [0, 0.1) is 5.92 Å². The second-order valence-electron chi connectivity index (χ2n) is 9.60. The average Bonchev–Trinajstić information content (AvgIpc) is 2.86. The molecule has 7 nitrogen and oxygen atoms in total. The van der Waals surface area contributed by atoms with E-state index in [1.807, 2.05) is 30.3 Å². The van der Waals surface area contributed by atoms with Crippen molar-refractivity contribution in [2.45, 2.75) is 44.3 Å². The van der Waals surface area contributed by atoms with E-state index in [1.165, 1.54) is 19.6 Å². The van der Waals surface area contributed by atoms with E-state index in [1.54, 1.807) is 0 Å². The molecular weight excluding hydrogens is 564 g/mol. The van der Waals surface area contributed by atoms with Crippen LogP contribution in [0.4, 0.5) is 26.3 Å². The Labute approximate surface area is 229 Å². The fourth-order valence-electron chi connectivity index (χ4n) is 4.34. The van der Waals surface area contributed by atoms with E-state index in [4.69, 9.17) is 10.5 Å². The van der Waals surface area contributed by atoms with Crippen molar-refractivity contribution in [1.82, 2.24) is 9.62 Å². The largest absolute Gasteiger partial charge is 0.416 e. The minimum absolute atomic E-state index is 0.0892. The number of rotatable bonds is 8. The third-order valence-electron chi connectivity index (χ3n) is 6.39. The second kappa shape index (κ2) is 13.8. The maximum absolute atomic E-state index is 12.5. The quantitative estimate of drug-likeness (QED) is 0.422. The van der Waals surface area contributed by atoms with E-state index in [0.29, 0.717) is 25.2 Å². The number of nitrogens with zero attached hydrogens (tertiary/aromatic N) is 1. The first kappa shape index (κ1) is 33.5. The molecule has 2 aromatic carbocycles. The molecule has 3 atom stereocenters. The zero-order valence-electron chi connectivity index (χ0n) is 22.2. The van der Waals surface area contributed by atoms with Crippen LogP contribution in [0.1, 0.15) is 54.2 Å². The van der Waals surface area contributed by atoms with Gasteiger partial charge in [-0.15, -0.1) is 0 Å². The summed E-state index contributed by atoms with van der Waals surface area (Å²) in [5, 5.41) is 0. The maximum atomic E-state index is 12.5. The molecule has 40 heavy (non-hydrogen) atoms. The molecule has 1 amide bonds. The van der Waals surface area contributed by atoms with E-state index in [9.17, 15) is 39.6 Å². The number of halogens is 6. The molecule has 0 spiro atoms. The summed E-state index contributed by atoms with van der Waals surface area (Å²) in [5.41, 5.74) is 3.68. The number of methoxy groups -OCH3 is 1. The van der Waals surface area contributed by atoms with Gasteiger partial charge in [-0.2, -0.15) is 26.3 Å². The van der Waals surface area contributed by atoms with E-state index in [-0.39, 0.29) is 36.0 Å². The Kier molecular flexibility index (Phi) is 11.6. The molecule has 0 unspecified atom stereocenters. The number of hydrogen-bond donors (Lipinski definition) is 2. The molecule has 2 aromatic rings. The number of benzene rings is 2. The van der Waals surface area contributed by atoms with Gasteiger partial charge in [-0.3, -0.25) is 9.69 Å². The summed E-state index contributed by atoms with van der Waals surface area (Å²) in [6.45, 7) is 2.62. The Morgan fingerprint density at radius 2 is 1.60 bits per heavy atom. The van der Waals surface area contributed by atoms with E-state index in [0.717, 1.165) is 19.1 Å². The topological polar surface area (TPSA) is 102 Å². The number of primary amides is 1. The summed E-state index contributed by atoms with van der Waals surface area (Å²) in [6.07, 6.45) is -7.56. The molecule has 0 radical (unpaired) electrons. The van der Waals surface area contributed by atoms with Crippen molar-refractivity contribution in [3.05, 3.63) is 70.8 Å². The highest BCUT2D eigenvalue weighted by atomic mass is 32.2. The van der Waals surface area contributed by atoms with Gasteiger partial charge in [0.15, 0.2) is 0 Å². The zero-order chi connectivity index (χ0) is 30.3. The first-order valence-electron chi connectivity index (χ1n) is 12.2. The third kappa shape index (κ3) is 10.7. The van der Waals surface area contributed by atoms with E-state index in [2.05, 4.69) is 9.62 Å². The van der Waals surface area contributed by atoms with Gasteiger partial charge < -0.3 is 10.5 Å². The Bertz CT molecular complexity index is 1190. The summed E-state index contributed by atoms with van der Waals surface area (Å²) in [6, 6.07) is 11.6. The SMILES string of the molecule is CO[C@H](C)c1cc(C(F)(F)F)cc(C(F)(F)F)c1.CS(=O)(=O)NC[C@H]1CC[C@@H](c2ccccc2)N(CC(N)=O)C1. The molecule has 0 aliphatic carbocycles. The normalized spacial score (nSPS) is 19.4. The molecule has 1 fully saturated rings. The molecule has 1 aliphatic heterocycles. The summed E-state index contributed by atoms with van der Waals surface area (Å²) in [7, 11) is -1.98. The Morgan fingerprint density at radius 3 is 2.05 bits per heavy atom. The van der Waals surface area contributed by atoms with Crippen molar-refractivity contribution in [2.24, 2.45) is 11.7 Å². The molecular formula is C26H33F6N3O4S. The van der Waals surface area contributed by atoms with Crippen LogP contribution in [0.25, 0.3) is 0 Å². The number of ether oxygens (including phenoxy) is 1. The minimum Gasteiger partial charge on any atom is -0.377 e. The van der Waals surface area contributed by atoms with Crippen LogP contribution in [0.2, 0.25) is 0 Å². The molecule has 1 heterocycles. The zero-order valence-corrected chi connectivity index (χ0v) is 23.0. The van der Waals surface area contributed by atoms with Gasteiger partial charge in [0, 0.05) is 26.2 Å². The van der Waals surface area contributed by atoms with Crippen molar-refractivity contribution in [3.8, 4) is 0 Å². The number of hydrogen-bond acceptors (Lipinski definition) is 5. The first-order chi connectivity index (χ1) is 18.4. The highest BCUT2D eigenvalue weighted by Gasteiger charge is 2.37. The number of piperidine rings is 1. The predicted molar refractivity (Wildman–Crippen MR) is 137 cm³/mol. The van der Waals surface area contributed by atoms with Gasteiger partial charge in [-0.1, -0.05) is 30.3 Å². The number of alkyl halides is 6. The number of likely N-dealkylation sites (tertiary alicyclic amines) is 1. The summed E-state index contributed by atoms with van der Waals surface area (Å²) in [4.78, 5) is 13.4. The fourth-order valence-corrected chi connectivity index (χ4v) is 4.88. The summed E-state index contributed by atoms with van der Waals surface area (Å²) >= 11 is 0. The van der Waals surface area contributed by atoms with E-state index >= 15 is 0 Å². The van der Waals surface area contributed by atoms with Crippen molar-refractivity contribution in [1.29, 1.82) is 0 Å². The first-order valence-corrected chi connectivity index (χ1v) is 14.1. The van der Waals surface area contributed by atoms with Gasteiger partial charge in [0.1, 0.15) is 0 Å². The van der Waals surface area contributed by atoms with Gasteiger partial charge in [0.2, 0.25) is 15.9 Å². The van der Waals surface area contributed by atoms with Crippen LogP contribution in [0.15, 0.2) is 48.5 Å². The van der Waals surface area contributed by atoms with Gasteiger partial charge >= 0.3 is 12.4 Å². The number of sulfonamides is 1. The Hall–Kier alpha value is -2.68. The standard InChI is InChI=1S/C15H23N3O3S.C11H10F6O/c1-22(20,21)17-9-12-7-8-14(13-5-3-2-4-6-13)18(10-12)11-15(16)19;1-6(18-2)7-3-8(10(12,13)14)5-9(4-7)11(15,16)17/h2-6,12,14,17H,7-11H2,1H3,(H2,16,19);3-6H,1-2H3/t12-,14+;6-/m11/s1. The molecule has 224 valence electrons. The highest BCUT2D eigenvalue weighted by molar-refractivity contribution is 7.88. The lowest BCUT2D eigenvalue weighted by Crippen LogP contribution is -2.45. The van der Waals surface area contributed by atoms with Gasteiger partial charge in [0.25, 0.3) is 0 Å². The Morgan fingerprint density at radius 1 is 1.05 bits per heavy atom. The van der Waals surface area contributed by atoms with Gasteiger partial charge in [-0.25, -0.2) is 13.1 Å². The van der Waals surface area contributed by atoms with Gasteiger partial charge in [-0.05, 0) is 55.0 Å². The molecule has 3 rings (SSSR count). The van der Waals surface area contributed by atoms with Crippen molar-refractivity contribution < 1.29 is 44.3 Å². The monoisotopic (exact) mass is 597 g/mol. The predicted octanol–water partition coefficient (Wildman–Crippen LogP) is 4.91. The lowest BCUT2D eigenvalue weighted by molar-refractivity contribution is -0.143. The number of nitrogens with one attached hydrogen (secondary N) is 1. The smallest absolute Gasteiger partial charge is 0.377 e. The lowest BCUT2D eigenvalue weighted by atomic mass is 9.89. The molecule has 1 saturated heterocycles. The van der Waals surface area contributed by atoms with Crippen LogP contribution in [-0.2, 0) is 31.9 Å². The third-order valence-corrected chi connectivity index (χ3v) is 7.08. The van der Waals surface area contributed by atoms with Crippen molar-refractivity contribution in [2.75, 3.05) is 33.0 Å². The molecule has 0 saturated carbocycles. The fraction of sp³-hybridized carbons (Fsp3) is 0.500. The lowest BCUT2D eigenvalue weighted by Gasteiger charge is -2.39. The van der Waals surface area contributed by atoms with Gasteiger partial charge in [0.05, 0.1) is 30.0 Å². The number of carbonyl (C=O) groups is 1. The van der Waals surface area contributed by atoms with Crippen LogP contribution in [0.5, 0.6) is 0 Å². The van der Waals surface area contributed by atoms with Crippen molar-refractivity contribution in [3.63, 3.8) is 0 Å². The van der Waals surface area contributed by atoms with Crippen molar-refractivity contribution >= 4 is 15.9 Å². The summed E-state index contributed by atoms with van der Waals surface area (Å²) in [5.74, 6) is -0.174. The maximum Gasteiger partial charge on any atom is 0.416 e. The average molecular weight is 598 g/mol. The molecule has 3 N–H and O–H groups in total. The number of nitrogens with two attached hydrogens (primary N) is 1. The molecule has 1 aliphatic rings. The molecule has 0 bridgehead atoms. The van der Waals surface area contributed by atoms with Crippen LogP contribution < -0.4 is 10.5 Å². The van der Waals surface area contributed by atoms with Crippen LogP contribution in [-0.4, -0.2) is 52.2 Å². The number of amides is 1. The second-order valence-corrected chi connectivity index (χ2v) is 11.4. The van der Waals surface area contributed by atoms with E-state index < -0.39 is 39.6 Å². The van der Waals surface area contributed by atoms with Crippen LogP contribution >= 0.6 is 0 Å². The summed E-state index contributed by atoms with van der Waals surface area (Å²) < 4.78 is 105. The highest BCUT2D eigenvalue weighted by Crippen LogP contribution is 2.38. The Balaban J connectivity index is 0.000000286. The minimum atomic E-state index is -4.83.